The van der Waals surface area contributed by atoms with E-state index in [-0.39, 0.29) is 0 Å². The molecule has 106 valence electrons. The summed E-state index contributed by atoms with van der Waals surface area (Å²) >= 11 is 0. The van der Waals surface area contributed by atoms with Crippen molar-refractivity contribution >= 4 is 5.82 Å². The molecule has 0 aliphatic heterocycles. The van der Waals surface area contributed by atoms with Crippen molar-refractivity contribution in [1.82, 2.24) is 15.0 Å². The number of hydrogen-bond acceptors (Lipinski definition) is 5. The Morgan fingerprint density at radius 3 is 2.60 bits per heavy atom. The normalized spacial score (nSPS) is 10.3. The van der Waals surface area contributed by atoms with E-state index in [4.69, 9.17) is 4.74 Å². The summed E-state index contributed by atoms with van der Waals surface area (Å²) in [6.07, 6.45) is 5.36. The van der Waals surface area contributed by atoms with Crippen LogP contribution in [0.15, 0.2) is 24.7 Å². The fourth-order valence-corrected chi connectivity index (χ4v) is 2.11. The highest BCUT2D eigenvalue weighted by molar-refractivity contribution is 5.67. The summed E-state index contributed by atoms with van der Waals surface area (Å²) in [4.78, 5) is 13.0. The molecule has 2 heterocycles. The van der Waals surface area contributed by atoms with E-state index >= 15 is 0 Å². The number of ether oxygens (including phenoxy) is 1. The number of pyridine rings is 1. The van der Waals surface area contributed by atoms with Gasteiger partial charge in [-0.05, 0) is 19.4 Å². The maximum atomic E-state index is 5.09. The Kier molecular flexibility index (Phi) is 4.87. The molecule has 1 N–H and O–H groups in total. The minimum atomic E-state index is 0.603. The van der Waals surface area contributed by atoms with Crippen molar-refractivity contribution < 1.29 is 4.74 Å². The number of aromatic nitrogens is 3. The van der Waals surface area contributed by atoms with E-state index in [1.165, 1.54) is 0 Å². The molecule has 0 spiro atoms. The van der Waals surface area contributed by atoms with Gasteiger partial charge in [-0.3, -0.25) is 0 Å². The lowest BCUT2D eigenvalue weighted by Crippen LogP contribution is -2.06. The Morgan fingerprint density at radius 2 is 2.00 bits per heavy atom. The Bertz CT molecular complexity index is 554. The van der Waals surface area contributed by atoms with Crippen LogP contribution in [0.5, 0.6) is 5.88 Å². The standard InChI is InChI=1S/C15H20N4O/c1-4-6-12-14(18-10-19-15(12)16-5-2)11-7-8-13(20-3)17-9-11/h7-10H,4-6H2,1-3H3,(H,16,18,19). The van der Waals surface area contributed by atoms with Gasteiger partial charge in [0.2, 0.25) is 5.88 Å². The molecule has 5 nitrogen and oxygen atoms in total. The van der Waals surface area contributed by atoms with Crippen LogP contribution in [0.25, 0.3) is 11.3 Å². The molecule has 0 radical (unpaired) electrons. The molecule has 0 saturated carbocycles. The van der Waals surface area contributed by atoms with Crippen LogP contribution in [-0.4, -0.2) is 28.6 Å². The molecular weight excluding hydrogens is 252 g/mol. The summed E-state index contributed by atoms with van der Waals surface area (Å²) in [7, 11) is 1.61. The number of nitrogens with one attached hydrogen (secondary N) is 1. The fourth-order valence-electron chi connectivity index (χ4n) is 2.11. The zero-order valence-corrected chi connectivity index (χ0v) is 12.2. The second-order valence-corrected chi connectivity index (χ2v) is 4.42. The van der Waals surface area contributed by atoms with Crippen LogP contribution in [0.1, 0.15) is 25.8 Å². The van der Waals surface area contributed by atoms with Crippen molar-refractivity contribution in [2.45, 2.75) is 26.7 Å². The van der Waals surface area contributed by atoms with Crippen molar-refractivity contribution in [3.8, 4) is 17.1 Å². The quantitative estimate of drug-likeness (QED) is 0.876. The Morgan fingerprint density at radius 1 is 1.15 bits per heavy atom. The molecule has 2 aromatic rings. The Labute approximate surface area is 119 Å². The topological polar surface area (TPSA) is 59.9 Å². The highest BCUT2D eigenvalue weighted by Gasteiger charge is 2.12. The van der Waals surface area contributed by atoms with Gasteiger partial charge in [0.15, 0.2) is 0 Å². The van der Waals surface area contributed by atoms with Crippen LogP contribution in [0.2, 0.25) is 0 Å². The Balaban J connectivity index is 2.45. The second-order valence-electron chi connectivity index (χ2n) is 4.42. The van der Waals surface area contributed by atoms with E-state index in [2.05, 4.69) is 34.1 Å². The Hall–Kier alpha value is -2.17. The van der Waals surface area contributed by atoms with Crippen LogP contribution in [0, 0.1) is 0 Å². The molecule has 2 aromatic heterocycles. The minimum Gasteiger partial charge on any atom is -0.481 e. The van der Waals surface area contributed by atoms with Crippen LogP contribution in [0.4, 0.5) is 5.82 Å². The van der Waals surface area contributed by atoms with Gasteiger partial charge < -0.3 is 10.1 Å². The molecule has 20 heavy (non-hydrogen) atoms. The lowest BCUT2D eigenvalue weighted by atomic mass is 10.0. The molecule has 0 aliphatic rings. The smallest absolute Gasteiger partial charge is 0.212 e. The van der Waals surface area contributed by atoms with Gasteiger partial charge >= 0.3 is 0 Å². The predicted octanol–water partition coefficient (Wildman–Crippen LogP) is 2.93. The average molecular weight is 272 g/mol. The van der Waals surface area contributed by atoms with Gasteiger partial charge in [0.25, 0.3) is 0 Å². The van der Waals surface area contributed by atoms with Crippen LogP contribution >= 0.6 is 0 Å². The minimum absolute atomic E-state index is 0.603. The van der Waals surface area contributed by atoms with Crippen molar-refractivity contribution in [2.75, 3.05) is 19.0 Å². The second kappa shape index (κ2) is 6.84. The van der Waals surface area contributed by atoms with E-state index in [0.29, 0.717) is 5.88 Å². The van der Waals surface area contributed by atoms with E-state index in [9.17, 15) is 0 Å². The highest BCUT2D eigenvalue weighted by atomic mass is 16.5. The van der Waals surface area contributed by atoms with Gasteiger partial charge in [-0.15, -0.1) is 0 Å². The first kappa shape index (κ1) is 14.2. The summed E-state index contributed by atoms with van der Waals surface area (Å²) in [5.41, 5.74) is 3.06. The van der Waals surface area contributed by atoms with E-state index in [0.717, 1.165) is 42.0 Å². The number of rotatable bonds is 6. The molecule has 0 aromatic carbocycles. The first-order valence-electron chi connectivity index (χ1n) is 6.88. The predicted molar refractivity (Wildman–Crippen MR) is 80.0 cm³/mol. The van der Waals surface area contributed by atoms with Gasteiger partial charge in [0.1, 0.15) is 12.1 Å². The van der Waals surface area contributed by atoms with Gasteiger partial charge in [-0.1, -0.05) is 13.3 Å². The highest BCUT2D eigenvalue weighted by Crippen LogP contribution is 2.27. The third-order valence-electron chi connectivity index (χ3n) is 3.01. The molecule has 2 rings (SSSR count). The van der Waals surface area contributed by atoms with Crippen molar-refractivity contribution in [2.24, 2.45) is 0 Å². The summed E-state index contributed by atoms with van der Waals surface area (Å²) in [5, 5.41) is 3.30. The lowest BCUT2D eigenvalue weighted by Gasteiger charge is -2.13. The number of anilines is 1. The third-order valence-corrected chi connectivity index (χ3v) is 3.01. The molecule has 0 saturated heterocycles. The summed E-state index contributed by atoms with van der Waals surface area (Å²) in [6, 6.07) is 3.82. The van der Waals surface area contributed by atoms with E-state index in [1.54, 1.807) is 19.6 Å². The molecule has 5 heteroatoms. The zero-order valence-electron chi connectivity index (χ0n) is 12.2. The first-order valence-corrected chi connectivity index (χ1v) is 6.88. The van der Waals surface area contributed by atoms with Gasteiger partial charge in [0.05, 0.1) is 12.8 Å². The molecule has 0 bridgehead atoms. The van der Waals surface area contributed by atoms with Gasteiger partial charge in [-0.25, -0.2) is 15.0 Å². The summed E-state index contributed by atoms with van der Waals surface area (Å²) in [6.45, 7) is 5.05. The van der Waals surface area contributed by atoms with Crippen molar-refractivity contribution in [1.29, 1.82) is 0 Å². The van der Waals surface area contributed by atoms with Crippen LogP contribution in [-0.2, 0) is 6.42 Å². The first-order chi connectivity index (χ1) is 9.80. The van der Waals surface area contributed by atoms with Gasteiger partial charge in [0, 0.05) is 29.9 Å². The molecule has 0 fully saturated rings. The third kappa shape index (κ3) is 3.04. The van der Waals surface area contributed by atoms with E-state index < -0.39 is 0 Å². The average Bonchev–Trinajstić information content (AvgIpc) is 2.49. The van der Waals surface area contributed by atoms with Gasteiger partial charge in [-0.2, -0.15) is 0 Å². The fraction of sp³-hybridized carbons (Fsp3) is 0.400. The summed E-state index contributed by atoms with van der Waals surface area (Å²) in [5.74, 6) is 1.52. The molecule has 0 unspecified atom stereocenters. The summed E-state index contributed by atoms with van der Waals surface area (Å²) < 4.78 is 5.09. The van der Waals surface area contributed by atoms with Crippen LogP contribution < -0.4 is 10.1 Å². The van der Waals surface area contributed by atoms with Crippen molar-refractivity contribution in [3.05, 3.63) is 30.2 Å². The lowest BCUT2D eigenvalue weighted by molar-refractivity contribution is 0.398. The zero-order chi connectivity index (χ0) is 14.4. The number of hydrogen-bond donors (Lipinski definition) is 1. The number of nitrogens with zero attached hydrogens (tertiary/aromatic N) is 3. The maximum absolute atomic E-state index is 5.09. The largest absolute Gasteiger partial charge is 0.481 e. The number of methoxy groups -OCH3 is 1. The van der Waals surface area contributed by atoms with E-state index in [1.807, 2.05) is 12.1 Å². The molecule has 0 amide bonds. The monoisotopic (exact) mass is 272 g/mol. The SMILES string of the molecule is CCCc1c(NCC)ncnc1-c1ccc(OC)nc1. The molecular formula is C15H20N4O. The molecule has 0 atom stereocenters. The van der Waals surface area contributed by atoms with Crippen molar-refractivity contribution in [3.63, 3.8) is 0 Å². The maximum Gasteiger partial charge on any atom is 0.212 e. The van der Waals surface area contributed by atoms with Crippen LogP contribution in [0.3, 0.4) is 0 Å². The molecule has 0 aliphatic carbocycles.